The molecule has 0 unspecified atom stereocenters. The second kappa shape index (κ2) is 9.99. The number of nitrogens with one attached hydrogen (secondary N) is 1. The molecular formula is C18H21F3N6O4S2. The fraction of sp³-hybridized carbons (Fsp3) is 0.500. The molecule has 3 rings (SSSR count). The van der Waals surface area contributed by atoms with E-state index in [2.05, 4.69) is 20.4 Å². The number of ether oxygens (including phenoxy) is 1. The summed E-state index contributed by atoms with van der Waals surface area (Å²) < 4.78 is 68.8. The highest BCUT2D eigenvalue weighted by molar-refractivity contribution is 7.93. The molecule has 1 aromatic carbocycles. The molecule has 2 heterocycles. The van der Waals surface area contributed by atoms with Crippen LogP contribution >= 0.6 is 11.3 Å². The van der Waals surface area contributed by atoms with Gasteiger partial charge in [0.05, 0.1) is 12.3 Å². The Hall–Kier alpha value is -2.81. The van der Waals surface area contributed by atoms with Crippen LogP contribution in [0.3, 0.4) is 0 Å². The maximum Gasteiger partial charge on any atom is 0.516 e. The molecule has 0 fully saturated rings. The van der Waals surface area contributed by atoms with Crippen LogP contribution < -0.4 is 9.62 Å². The number of aryl methyl sites for hydroxylation is 1. The lowest BCUT2D eigenvalue weighted by molar-refractivity contribution is -0.0429. The Labute approximate surface area is 191 Å². The minimum atomic E-state index is -5.68. The van der Waals surface area contributed by atoms with Gasteiger partial charge in [0.15, 0.2) is 0 Å². The van der Waals surface area contributed by atoms with Crippen molar-refractivity contribution >= 4 is 49.5 Å². The van der Waals surface area contributed by atoms with Crippen LogP contribution in [0.5, 0.6) is 0 Å². The monoisotopic (exact) mass is 506 g/mol. The average molecular weight is 507 g/mol. The van der Waals surface area contributed by atoms with Gasteiger partial charge in [0.2, 0.25) is 5.01 Å². The van der Waals surface area contributed by atoms with Crippen LogP contribution in [-0.4, -0.2) is 50.3 Å². The quantitative estimate of drug-likeness (QED) is 0.316. The number of aromatic nitrogens is 2. The Morgan fingerprint density at radius 3 is 2.76 bits per heavy atom. The number of carbonyl (C=O) groups excluding carboxylic acids is 1. The van der Waals surface area contributed by atoms with E-state index in [1.165, 1.54) is 12.1 Å². The summed E-state index contributed by atoms with van der Waals surface area (Å²) in [5, 5.41) is 15.0. The molecule has 1 aromatic heterocycles. The van der Waals surface area contributed by atoms with Crippen molar-refractivity contribution in [3.05, 3.63) is 22.7 Å². The van der Waals surface area contributed by atoms with Crippen LogP contribution in [0.4, 0.5) is 35.4 Å². The van der Waals surface area contributed by atoms with Gasteiger partial charge in [-0.05, 0) is 37.0 Å². The summed E-state index contributed by atoms with van der Waals surface area (Å²) in [5.41, 5.74) is -4.64. The van der Waals surface area contributed by atoms with Crippen LogP contribution in [0, 0.1) is 0 Å². The minimum Gasteiger partial charge on any atom is -0.460 e. The fourth-order valence-electron chi connectivity index (χ4n) is 2.98. The number of sulfonamides is 1. The molecule has 0 spiro atoms. The first-order chi connectivity index (χ1) is 15.5. The van der Waals surface area contributed by atoms with Gasteiger partial charge < -0.3 is 9.64 Å². The highest BCUT2D eigenvalue weighted by atomic mass is 32.2. The number of carbonyl (C=O) groups is 1. The predicted molar refractivity (Wildman–Crippen MR) is 116 cm³/mol. The van der Waals surface area contributed by atoms with Crippen LogP contribution in [0.1, 0.15) is 41.6 Å². The second-order valence-electron chi connectivity index (χ2n) is 7.15. The Morgan fingerprint density at radius 1 is 1.30 bits per heavy atom. The molecule has 0 aliphatic carbocycles. The lowest BCUT2D eigenvalue weighted by atomic mass is 10.0. The van der Waals surface area contributed by atoms with Gasteiger partial charge in [-0.1, -0.05) is 24.7 Å². The lowest BCUT2D eigenvalue weighted by Crippen LogP contribution is -2.30. The number of benzene rings is 1. The average Bonchev–Trinajstić information content (AvgIpc) is 3.21. The summed E-state index contributed by atoms with van der Waals surface area (Å²) in [4.78, 5) is 13.7. The van der Waals surface area contributed by atoms with E-state index in [1.54, 1.807) is 11.8 Å². The molecule has 0 atom stereocenters. The number of hydrogen-bond acceptors (Lipinski definition) is 10. The summed E-state index contributed by atoms with van der Waals surface area (Å²) in [6.45, 7) is 2.85. The number of halogens is 3. The summed E-state index contributed by atoms with van der Waals surface area (Å²) in [5.74, 6) is -0.669. The zero-order valence-corrected chi connectivity index (χ0v) is 19.3. The summed E-state index contributed by atoms with van der Waals surface area (Å²) in [6, 6.07) is 2.77. The molecule has 1 aliphatic rings. The van der Waals surface area contributed by atoms with E-state index in [0.29, 0.717) is 25.1 Å². The number of alkyl halides is 3. The Kier molecular flexibility index (Phi) is 7.51. The third-order valence-electron chi connectivity index (χ3n) is 4.66. The normalized spacial score (nSPS) is 14.4. The summed E-state index contributed by atoms with van der Waals surface area (Å²) >= 11 is 0.787. The van der Waals surface area contributed by atoms with Crippen LogP contribution in [0.25, 0.3) is 0 Å². The molecule has 0 bridgehead atoms. The number of unbranched alkanes of at least 4 members (excludes halogenated alkanes) is 1. The van der Waals surface area contributed by atoms with Gasteiger partial charge in [-0.25, -0.2) is 4.79 Å². The van der Waals surface area contributed by atoms with E-state index in [0.717, 1.165) is 29.7 Å². The number of esters is 1. The Balaban J connectivity index is 1.90. The van der Waals surface area contributed by atoms with Crippen molar-refractivity contribution in [2.75, 3.05) is 29.8 Å². The molecule has 180 valence electrons. The van der Waals surface area contributed by atoms with Crippen molar-refractivity contribution in [1.82, 2.24) is 10.2 Å². The largest absolute Gasteiger partial charge is 0.516 e. The highest BCUT2D eigenvalue weighted by Gasteiger charge is 2.46. The number of nitrogens with zero attached hydrogens (tertiary/aromatic N) is 5. The van der Waals surface area contributed by atoms with Gasteiger partial charge in [0, 0.05) is 19.3 Å². The Bertz CT molecular complexity index is 1150. The van der Waals surface area contributed by atoms with Gasteiger partial charge in [-0.15, -0.1) is 20.4 Å². The second-order valence-corrected chi connectivity index (χ2v) is 9.78. The van der Waals surface area contributed by atoms with Gasteiger partial charge >= 0.3 is 21.5 Å². The third-order valence-corrected chi connectivity index (χ3v) is 6.55. The first-order valence-electron chi connectivity index (χ1n) is 9.91. The molecule has 1 N–H and O–H groups in total. The molecule has 15 heteroatoms. The minimum absolute atomic E-state index is 0.0445. The molecule has 2 aromatic rings. The van der Waals surface area contributed by atoms with Gasteiger partial charge in [0.1, 0.15) is 5.69 Å². The maximum absolute atomic E-state index is 12.9. The van der Waals surface area contributed by atoms with Crippen molar-refractivity contribution in [2.24, 2.45) is 10.2 Å². The van der Waals surface area contributed by atoms with E-state index in [4.69, 9.17) is 4.74 Å². The van der Waals surface area contributed by atoms with Crippen molar-refractivity contribution < 1.29 is 31.1 Å². The maximum atomic E-state index is 12.9. The number of fused-ring (bicyclic) bond motifs is 1. The SMILES string of the molecule is CCCCOC(=O)c1nnc(N=Nc2cc3c(cc2NS(=O)(=O)C(F)(F)F)N(C)CCC3)s1. The zero-order valence-electron chi connectivity index (χ0n) is 17.7. The summed E-state index contributed by atoms with van der Waals surface area (Å²) in [7, 11) is -3.92. The summed E-state index contributed by atoms with van der Waals surface area (Å²) in [6.07, 6.45) is 3.00. The van der Waals surface area contributed by atoms with Crippen LogP contribution in [-0.2, 0) is 21.2 Å². The molecule has 1 aliphatic heterocycles. The topological polar surface area (TPSA) is 126 Å². The number of rotatable bonds is 8. The van der Waals surface area contributed by atoms with Crippen molar-refractivity contribution in [1.29, 1.82) is 0 Å². The van der Waals surface area contributed by atoms with E-state index in [9.17, 15) is 26.4 Å². The molecule has 0 saturated carbocycles. The van der Waals surface area contributed by atoms with E-state index < -0.39 is 21.5 Å². The van der Waals surface area contributed by atoms with Crippen molar-refractivity contribution in [3.8, 4) is 0 Å². The van der Waals surface area contributed by atoms with Crippen LogP contribution in [0.15, 0.2) is 22.4 Å². The molecule has 0 radical (unpaired) electrons. The van der Waals surface area contributed by atoms with E-state index in [-0.39, 0.29) is 28.1 Å². The van der Waals surface area contributed by atoms with Gasteiger partial charge in [-0.2, -0.15) is 21.6 Å². The number of azo groups is 1. The number of hydrogen-bond donors (Lipinski definition) is 1. The Morgan fingerprint density at radius 2 is 2.06 bits per heavy atom. The lowest BCUT2D eigenvalue weighted by Gasteiger charge is -2.28. The molecular weight excluding hydrogens is 485 g/mol. The van der Waals surface area contributed by atoms with Crippen molar-refractivity contribution in [2.45, 2.75) is 38.1 Å². The standard InChI is InChI=1S/C18H21F3N6O4S2/c1-3-4-8-31-16(28)15-23-25-17(32-15)24-22-12-9-11-6-5-7-27(2)14(11)10-13(12)26-33(29,30)18(19,20)21/h9-10,26H,3-8H2,1-2H3. The van der Waals surface area contributed by atoms with Crippen molar-refractivity contribution in [3.63, 3.8) is 0 Å². The first-order valence-corrected chi connectivity index (χ1v) is 12.2. The van der Waals surface area contributed by atoms with Gasteiger partial charge in [0.25, 0.3) is 5.13 Å². The molecule has 10 nitrogen and oxygen atoms in total. The molecule has 0 amide bonds. The van der Waals surface area contributed by atoms with Gasteiger partial charge in [-0.3, -0.25) is 4.72 Å². The fourth-order valence-corrected chi connectivity index (χ4v) is 4.10. The van der Waals surface area contributed by atoms with E-state index >= 15 is 0 Å². The number of anilines is 2. The molecule has 33 heavy (non-hydrogen) atoms. The van der Waals surface area contributed by atoms with E-state index in [1.807, 2.05) is 11.8 Å². The van der Waals surface area contributed by atoms with Crippen LogP contribution in [0.2, 0.25) is 0 Å². The predicted octanol–water partition coefficient (Wildman–Crippen LogP) is 4.55. The zero-order chi connectivity index (χ0) is 24.2. The highest BCUT2D eigenvalue weighted by Crippen LogP contribution is 2.39. The molecule has 0 saturated heterocycles. The third kappa shape index (κ3) is 5.96. The smallest absolute Gasteiger partial charge is 0.460 e. The first kappa shape index (κ1) is 24.8.